The number of likely N-dealkylation sites (tertiary alicyclic amines) is 1. The molecule has 0 spiro atoms. The van der Waals surface area contributed by atoms with Gasteiger partial charge < -0.3 is 4.90 Å². The van der Waals surface area contributed by atoms with Crippen LogP contribution in [0.2, 0.25) is 0 Å². The predicted molar refractivity (Wildman–Crippen MR) is 127 cm³/mol. The number of hydrogen-bond donors (Lipinski definition) is 0. The van der Waals surface area contributed by atoms with Gasteiger partial charge in [0.15, 0.2) is 9.84 Å². The molecule has 41 heavy (non-hydrogen) atoms. The number of amides is 1. The van der Waals surface area contributed by atoms with E-state index in [1.165, 1.54) is 36.1 Å². The first-order valence-corrected chi connectivity index (χ1v) is 13.4. The van der Waals surface area contributed by atoms with Crippen LogP contribution in [0.4, 0.5) is 35.1 Å². The van der Waals surface area contributed by atoms with Gasteiger partial charge in [-0.25, -0.2) is 26.9 Å². The zero-order valence-electron chi connectivity index (χ0n) is 21.3. The zero-order chi connectivity index (χ0) is 30.6. The maximum Gasteiger partial charge on any atom is 0.435 e. The lowest BCUT2D eigenvalue weighted by molar-refractivity contribution is -0.348. The molecule has 1 aliphatic rings. The number of nitrogens with zero attached hydrogens (tertiary/aromatic N) is 4. The van der Waals surface area contributed by atoms with Crippen molar-refractivity contribution in [3.05, 3.63) is 78.1 Å². The monoisotopic (exact) mass is 610 g/mol. The summed E-state index contributed by atoms with van der Waals surface area (Å²) in [5.41, 5.74) is -9.16. The van der Waals surface area contributed by atoms with E-state index in [0.717, 1.165) is 24.3 Å². The van der Waals surface area contributed by atoms with Crippen LogP contribution in [-0.4, -0.2) is 59.4 Å². The van der Waals surface area contributed by atoms with Crippen LogP contribution < -0.4 is 0 Å². The summed E-state index contributed by atoms with van der Waals surface area (Å²) < 4.78 is 135. The third-order valence-corrected chi connectivity index (χ3v) is 9.75. The number of aromatic nitrogens is 3. The number of benzene rings is 2. The topological polar surface area (TPSA) is 85.2 Å². The number of hydrogen-bond acceptors (Lipinski definition) is 5. The van der Waals surface area contributed by atoms with Crippen molar-refractivity contribution < 1.29 is 48.3 Å². The van der Waals surface area contributed by atoms with E-state index >= 15 is 0 Å². The number of sulfone groups is 1. The fourth-order valence-electron chi connectivity index (χ4n) is 4.88. The van der Waals surface area contributed by atoms with Crippen molar-refractivity contribution in [1.29, 1.82) is 0 Å². The van der Waals surface area contributed by atoms with Crippen LogP contribution in [0.3, 0.4) is 0 Å². The van der Waals surface area contributed by atoms with Gasteiger partial charge in [-0.05, 0) is 50.1 Å². The largest absolute Gasteiger partial charge is 0.435 e. The molecule has 1 atom stereocenters. The van der Waals surface area contributed by atoms with Gasteiger partial charge in [0, 0.05) is 18.7 Å². The summed E-state index contributed by atoms with van der Waals surface area (Å²) in [4.78, 5) is 18.0. The standard InChI is InChI=1S/C25H22F8N4O3S/c1-21(2,37-15-34-14-35-37)20(38)36-12-11-22(13-36,41(39,40)19-9-7-18(26)8-10-19)16-3-5-17(6-4-16)23(27,24(28,29)30)25(31,32)33/h3-10,14-15H,11-13H2,1-2H3/t22-/m0/s1. The van der Waals surface area contributed by atoms with E-state index in [1.54, 1.807) is 0 Å². The molecule has 0 aliphatic carbocycles. The van der Waals surface area contributed by atoms with E-state index in [0.29, 0.717) is 12.1 Å². The highest BCUT2D eigenvalue weighted by molar-refractivity contribution is 7.92. The summed E-state index contributed by atoms with van der Waals surface area (Å²) in [5, 5.41) is 3.94. The Kier molecular flexibility index (Phi) is 7.24. The summed E-state index contributed by atoms with van der Waals surface area (Å²) in [7, 11) is -4.57. The van der Waals surface area contributed by atoms with E-state index in [2.05, 4.69) is 10.1 Å². The molecule has 4 rings (SSSR count). The van der Waals surface area contributed by atoms with Crippen molar-refractivity contribution in [2.75, 3.05) is 13.1 Å². The average molecular weight is 611 g/mol. The minimum atomic E-state index is -6.37. The molecule has 16 heteroatoms. The highest BCUT2D eigenvalue weighted by Crippen LogP contribution is 2.54. The zero-order valence-corrected chi connectivity index (χ0v) is 22.2. The Labute approximate surface area is 228 Å². The number of rotatable bonds is 6. The van der Waals surface area contributed by atoms with Crippen LogP contribution in [0.15, 0.2) is 66.1 Å². The van der Waals surface area contributed by atoms with Crippen molar-refractivity contribution in [3.8, 4) is 0 Å². The van der Waals surface area contributed by atoms with Crippen LogP contribution in [0.1, 0.15) is 31.4 Å². The molecule has 0 saturated carbocycles. The Morgan fingerprint density at radius 2 is 1.46 bits per heavy atom. The molecule has 1 saturated heterocycles. The number of halogens is 8. The highest BCUT2D eigenvalue weighted by Gasteiger charge is 2.73. The lowest BCUT2D eigenvalue weighted by Crippen LogP contribution is -2.50. The van der Waals surface area contributed by atoms with Crippen molar-refractivity contribution in [2.45, 2.75) is 53.5 Å². The molecule has 0 N–H and O–H groups in total. The number of carbonyl (C=O) groups is 1. The first-order valence-electron chi connectivity index (χ1n) is 11.9. The van der Waals surface area contributed by atoms with Crippen LogP contribution >= 0.6 is 0 Å². The molecule has 2 heterocycles. The van der Waals surface area contributed by atoms with Crippen LogP contribution in [0.25, 0.3) is 0 Å². The van der Waals surface area contributed by atoms with Gasteiger partial charge >= 0.3 is 18.0 Å². The fraction of sp³-hybridized carbons (Fsp3) is 0.400. The summed E-state index contributed by atoms with van der Waals surface area (Å²) in [6.45, 7) is 2.23. The van der Waals surface area contributed by atoms with Gasteiger partial charge in [0.25, 0.3) is 0 Å². The Hall–Kier alpha value is -3.56. The molecule has 1 fully saturated rings. The van der Waals surface area contributed by atoms with Gasteiger partial charge in [-0.2, -0.15) is 31.4 Å². The Balaban J connectivity index is 1.83. The molecular formula is C25H22F8N4O3S. The van der Waals surface area contributed by atoms with Crippen LogP contribution in [0, 0.1) is 5.82 Å². The predicted octanol–water partition coefficient (Wildman–Crippen LogP) is 5.04. The van der Waals surface area contributed by atoms with Crippen LogP contribution in [-0.2, 0) is 30.6 Å². The third kappa shape index (κ3) is 4.75. The van der Waals surface area contributed by atoms with E-state index < -0.39 is 66.9 Å². The molecule has 1 amide bonds. The van der Waals surface area contributed by atoms with Crippen molar-refractivity contribution in [3.63, 3.8) is 0 Å². The third-order valence-electron chi connectivity index (χ3n) is 7.26. The first-order chi connectivity index (χ1) is 18.8. The van der Waals surface area contributed by atoms with Crippen molar-refractivity contribution in [1.82, 2.24) is 19.7 Å². The number of carbonyl (C=O) groups excluding carboxylic acids is 1. The fourth-order valence-corrected chi connectivity index (χ4v) is 6.96. The Bertz CT molecular complexity index is 1510. The second-order valence-electron chi connectivity index (χ2n) is 10.1. The van der Waals surface area contributed by atoms with Gasteiger partial charge in [-0.1, -0.05) is 24.3 Å². The van der Waals surface area contributed by atoms with E-state index in [-0.39, 0.29) is 30.7 Å². The number of alkyl halides is 7. The van der Waals surface area contributed by atoms with E-state index in [9.17, 15) is 48.3 Å². The molecule has 2 aromatic carbocycles. The quantitative estimate of drug-likeness (QED) is 0.289. The van der Waals surface area contributed by atoms with E-state index in [4.69, 9.17) is 0 Å². The lowest BCUT2D eigenvalue weighted by atomic mass is 9.90. The maximum atomic E-state index is 14.6. The summed E-state index contributed by atoms with van der Waals surface area (Å²) in [6.07, 6.45) is -10.6. The minimum Gasteiger partial charge on any atom is -0.339 e. The maximum absolute atomic E-state index is 14.6. The molecule has 3 aromatic rings. The molecule has 7 nitrogen and oxygen atoms in total. The summed E-state index contributed by atoms with van der Waals surface area (Å²) >= 11 is 0. The van der Waals surface area contributed by atoms with Gasteiger partial charge in [0.05, 0.1) is 4.90 Å². The second-order valence-corrected chi connectivity index (χ2v) is 12.3. The summed E-state index contributed by atoms with van der Waals surface area (Å²) in [5.74, 6) is -1.37. The normalized spacial score (nSPS) is 19.0. The summed E-state index contributed by atoms with van der Waals surface area (Å²) in [6, 6.07) is 5.40. The SMILES string of the molecule is CC(C)(C(=O)N1CC[C@](c2ccc(C(F)(C(F)(F)F)C(F)(F)F)cc2)(S(=O)(=O)c2ccc(F)cc2)C1)n1cncn1. The highest BCUT2D eigenvalue weighted by atomic mass is 32.2. The van der Waals surface area contributed by atoms with Crippen molar-refractivity contribution in [2.24, 2.45) is 0 Å². The molecule has 0 unspecified atom stereocenters. The Morgan fingerprint density at radius 3 is 1.95 bits per heavy atom. The Morgan fingerprint density at radius 1 is 0.902 bits per heavy atom. The first kappa shape index (κ1) is 30.4. The van der Waals surface area contributed by atoms with Gasteiger partial charge in [0.1, 0.15) is 28.8 Å². The average Bonchev–Trinajstić information content (AvgIpc) is 3.59. The molecular weight excluding hydrogens is 588 g/mol. The van der Waals surface area contributed by atoms with Gasteiger partial charge in [-0.3, -0.25) is 4.79 Å². The van der Waals surface area contributed by atoms with Crippen molar-refractivity contribution >= 4 is 15.7 Å². The molecule has 1 aliphatic heterocycles. The molecule has 222 valence electrons. The smallest absolute Gasteiger partial charge is 0.339 e. The van der Waals surface area contributed by atoms with Crippen LogP contribution in [0.5, 0.6) is 0 Å². The van der Waals surface area contributed by atoms with Gasteiger partial charge in [-0.15, -0.1) is 0 Å². The minimum absolute atomic E-state index is 0.183. The lowest BCUT2D eigenvalue weighted by Gasteiger charge is -2.33. The molecule has 0 radical (unpaired) electrons. The van der Waals surface area contributed by atoms with E-state index in [1.807, 2.05) is 0 Å². The van der Waals surface area contributed by atoms with Gasteiger partial charge in [0.2, 0.25) is 5.91 Å². The molecule has 0 bridgehead atoms. The molecule has 1 aromatic heterocycles. The second kappa shape index (κ2) is 9.77.